The summed E-state index contributed by atoms with van der Waals surface area (Å²) in [6.45, 7) is 4.23. The van der Waals surface area contributed by atoms with Gasteiger partial charge in [0.1, 0.15) is 0 Å². The highest BCUT2D eigenvalue weighted by molar-refractivity contribution is 4.78. The SMILES string of the molecule is CCCCCCCCCC(NC)C1CCOC1. The maximum Gasteiger partial charge on any atom is 0.0509 e. The fraction of sp³-hybridized carbons (Fsp3) is 1.00. The molecule has 0 aliphatic carbocycles. The van der Waals surface area contributed by atoms with Gasteiger partial charge in [0, 0.05) is 12.6 Å². The Hall–Kier alpha value is -0.0800. The van der Waals surface area contributed by atoms with E-state index in [-0.39, 0.29) is 0 Å². The van der Waals surface area contributed by atoms with Crippen LogP contribution in [0, 0.1) is 5.92 Å². The van der Waals surface area contributed by atoms with Crippen LogP contribution in [0.15, 0.2) is 0 Å². The number of rotatable bonds is 10. The number of unbranched alkanes of at least 4 members (excludes halogenated alkanes) is 6. The van der Waals surface area contributed by atoms with Gasteiger partial charge in [-0.2, -0.15) is 0 Å². The summed E-state index contributed by atoms with van der Waals surface area (Å²) in [4.78, 5) is 0. The van der Waals surface area contributed by atoms with E-state index in [1.54, 1.807) is 0 Å². The van der Waals surface area contributed by atoms with Crippen molar-refractivity contribution >= 4 is 0 Å². The molecule has 1 fully saturated rings. The number of nitrogens with one attached hydrogen (secondary N) is 1. The molecular weight excluding hydrogens is 210 g/mol. The molecule has 1 N–H and O–H groups in total. The molecule has 0 amide bonds. The summed E-state index contributed by atoms with van der Waals surface area (Å²) in [5.41, 5.74) is 0. The third-order valence-corrected chi connectivity index (χ3v) is 4.02. The van der Waals surface area contributed by atoms with E-state index in [4.69, 9.17) is 4.74 Å². The highest BCUT2D eigenvalue weighted by atomic mass is 16.5. The van der Waals surface area contributed by atoms with Crippen molar-refractivity contribution in [2.45, 2.75) is 70.8 Å². The number of ether oxygens (including phenoxy) is 1. The van der Waals surface area contributed by atoms with Crippen LogP contribution in [0.3, 0.4) is 0 Å². The van der Waals surface area contributed by atoms with Crippen LogP contribution in [-0.4, -0.2) is 26.3 Å². The molecule has 1 heterocycles. The van der Waals surface area contributed by atoms with Crippen molar-refractivity contribution in [3.63, 3.8) is 0 Å². The Morgan fingerprint density at radius 2 is 1.82 bits per heavy atom. The van der Waals surface area contributed by atoms with E-state index in [1.165, 1.54) is 57.8 Å². The van der Waals surface area contributed by atoms with Crippen LogP contribution in [0.4, 0.5) is 0 Å². The second-order valence-electron chi connectivity index (χ2n) is 5.43. The lowest BCUT2D eigenvalue weighted by atomic mass is 9.94. The third kappa shape index (κ3) is 6.42. The van der Waals surface area contributed by atoms with Crippen LogP contribution in [0.5, 0.6) is 0 Å². The van der Waals surface area contributed by atoms with E-state index < -0.39 is 0 Å². The van der Waals surface area contributed by atoms with Crippen LogP contribution in [0.1, 0.15) is 64.7 Å². The zero-order chi connectivity index (χ0) is 12.3. The summed E-state index contributed by atoms with van der Waals surface area (Å²) in [5.74, 6) is 0.764. The van der Waals surface area contributed by atoms with E-state index in [1.807, 2.05) is 0 Å². The Balaban J connectivity index is 1.96. The molecule has 1 aliphatic heterocycles. The van der Waals surface area contributed by atoms with E-state index in [9.17, 15) is 0 Å². The summed E-state index contributed by atoms with van der Waals surface area (Å²) in [6, 6.07) is 0.688. The van der Waals surface area contributed by atoms with Gasteiger partial charge < -0.3 is 10.1 Å². The predicted molar refractivity (Wildman–Crippen MR) is 74.4 cm³/mol. The molecule has 102 valence electrons. The van der Waals surface area contributed by atoms with Gasteiger partial charge in [0.05, 0.1) is 6.61 Å². The first-order chi connectivity index (χ1) is 8.38. The molecule has 17 heavy (non-hydrogen) atoms. The second-order valence-corrected chi connectivity index (χ2v) is 5.43. The fourth-order valence-corrected chi connectivity index (χ4v) is 2.81. The van der Waals surface area contributed by atoms with Gasteiger partial charge in [-0.05, 0) is 25.8 Å². The molecule has 0 aromatic carbocycles. The Morgan fingerprint density at radius 3 is 2.41 bits per heavy atom. The van der Waals surface area contributed by atoms with Crippen LogP contribution in [-0.2, 0) is 4.74 Å². The summed E-state index contributed by atoms with van der Waals surface area (Å²) >= 11 is 0. The molecule has 0 aromatic rings. The minimum absolute atomic E-state index is 0.688. The minimum atomic E-state index is 0.688. The molecule has 0 aromatic heterocycles. The molecule has 1 saturated heterocycles. The van der Waals surface area contributed by atoms with Gasteiger partial charge in [0.2, 0.25) is 0 Å². The van der Waals surface area contributed by atoms with Crippen molar-refractivity contribution in [2.24, 2.45) is 5.92 Å². The van der Waals surface area contributed by atoms with E-state index in [0.29, 0.717) is 6.04 Å². The van der Waals surface area contributed by atoms with E-state index in [2.05, 4.69) is 19.3 Å². The van der Waals surface area contributed by atoms with E-state index in [0.717, 1.165) is 19.1 Å². The van der Waals surface area contributed by atoms with Crippen LogP contribution < -0.4 is 5.32 Å². The van der Waals surface area contributed by atoms with Crippen molar-refractivity contribution in [1.29, 1.82) is 0 Å². The molecule has 2 atom stereocenters. The molecular formula is C15H31NO. The minimum Gasteiger partial charge on any atom is -0.381 e. The third-order valence-electron chi connectivity index (χ3n) is 4.02. The predicted octanol–water partition coefficient (Wildman–Crippen LogP) is 3.75. The zero-order valence-corrected chi connectivity index (χ0v) is 11.8. The summed E-state index contributed by atoms with van der Waals surface area (Å²) < 4.78 is 5.47. The molecule has 1 aliphatic rings. The van der Waals surface area contributed by atoms with Crippen LogP contribution in [0.2, 0.25) is 0 Å². The van der Waals surface area contributed by atoms with Crippen molar-refractivity contribution in [2.75, 3.05) is 20.3 Å². The highest BCUT2D eigenvalue weighted by Crippen LogP contribution is 2.21. The molecule has 0 radical (unpaired) electrons. The highest BCUT2D eigenvalue weighted by Gasteiger charge is 2.23. The van der Waals surface area contributed by atoms with Gasteiger partial charge in [-0.15, -0.1) is 0 Å². The monoisotopic (exact) mass is 241 g/mol. The first kappa shape index (κ1) is 15.0. The van der Waals surface area contributed by atoms with Gasteiger partial charge in [-0.25, -0.2) is 0 Å². The van der Waals surface area contributed by atoms with Gasteiger partial charge in [-0.3, -0.25) is 0 Å². The van der Waals surface area contributed by atoms with Gasteiger partial charge in [0.15, 0.2) is 0 Å². The van der Waals surface area contributed by atoms with Crippen LogP contribution >= 0.6 is 0 Å². The Morgan fingerprint density at radius 1 is 1.12 bits per heavy atom. The zero-order valence-electron chi connectivity index (χ0n) is 11.8. The Bertz CT molecular complexity index is 166. The van der Waals surface area contributed by atoms with Crippen molar-refractivity contribution in [3.05, 3.63) is 0 Å². The average Bonchev–Trinajstić information content (AvgIpc) is 2.86. The Kier molecular flexibility index (Phi) is 8.72. The fourth-order valence-electron chi connectivity index (χ4n) is 2.81. The van der Waals surface area contributed by atoms with Crippen LogP contribution in [0.25, 0.3) is 0 Å². The van der Waals surface area contributed by atoms with Gasteiger partial charge in [-0.1, -0.05) is 51.9 Å². The molecule has 2 heteroatoms. The smallest absolute Gasteiger partial charge is 0.0509 e. The number of hydrogen-bond donors (Lipinski definition) is 1. The largest absolute Gasteiger partial charge is 0.381 e. The van der Waals surface area contributed by atoms with Crippen molar-refractivity contribution < 1.29 is 4.74 Å². The van der Waals surface area contributed by atoms with Gasteiger partial charge in [0.25, 0.3) is 0 Å². The normalized spacial score (nSPS) is 21.9. The summed E-state index contributed by atoms with van der Waals surface area (Å²) in [5, 5.41) is 3.48. The molecule has 0 spiro atoms. The lowest BCUT2D eigenvalue weighted by Gasteiger charge is -2.21. The molecule has 0 bridgehead atoms. The first-order valence-corrected chi connectivity index (χ1v) is 7.63. The maximum atomic E-state index is 5.47. The molecule has 0 saturated carbocycles. The number of hydrogen-bond acceptors (Lipinski definition) is 2. The molecule has 1 rings (SSSR count). The molecule has 2 nitrogen and oxygen atoms in total. The average molecular weight is 241 g/mol. The standard InChI is InChI=1S/C15H31NO/c1-3-4-5-6-7-8-9-10-15(16-2)14-11-12-17-13-14/h14-16H,3-13H2,1-2H3. The topological polar surface area (TPSA) is 21.3 Å². The Labute approximate surface area is 108 Å². The maximum absolute atomic E-state index is 5.47. The lowest BCUT2D eigenvalue weighted by Crippen LogP contribution is -2.33. The van der Waals surface area contributed by atoms with E-state index >= 15 is 0 Å². The summed E-state index contributed by atoms with van der Waals surface area (Å²) in [7, 11) is 2.10. The van der Waals surface area contributed by atoms with Gasteiger partial charge >= 0.3 is 0 Å². The quantitative estimate of drug-likeness (QED) is 0.588. The molecule has 2 unspecified atom stereocenters. The first-order valence-electron chi connectivity index (χ1n) is 7.63. The second kappa shape index (κ2) is 9.90. The lowest BCUT2D eigenvalue weighted by molar-refractivity contribution is 0.176. The van der Waals surface area contributed by atoms with Crippen molar-refractivity contribution in [3.8, 4) is 0 Å². The summed E-state index contributed by atoms with van der Waals surface area (Å²) in [6.07, 6.45) is 12.4. The van der Waals surface area contributed by atoms with Crippen molar-refractivity contribution in [1.82, 2.24) is 5.32 Å².